The number of halogens is 3. The summed E-state index contributed by atoms with van der Waals surface area (Å²) in [5, 5.41) is 1.79. The number of nitrogens with zero attached hydrogens (tertiary/aromatic N) is 4. The summed E-state index contributed by atoms with van der Waals surface area (Å²) in [6.45, 7) is 4.71. The molecule has 3 aromatic carbocycles. The van der Waals surface area contributed by atoms with Crippen molar-refractivity contribution in [3.63, 3.8) is 0 Å². The lowest BCUT2D eigenvalue weighted by molar-refractivity contribution is 0.344. The van der Waals surface area contributed by atoms with Crippen LogP contribution in [0.25, 0.3) is 11.4 Å². The Morgan fingerprint density at radius 1 is 0.947 bits per heavy atom. The van der Waals surface area contributed by atoms with Gasteiger partial charge in [-0.3, -0.25) is 4.57 Å². The lowest BCUT2D eigenvalue weighted by Gasteiger charge is -2.28. The minimum Gasteiger partial charge on any atom is -0.493 e. The summed E-state index contributed by atoms with van der Waals surface area (Å²) >= 11 is 14.1. The van der Waals surface area contributed by atoms with E-state index in [1.807, 2.05) is 53.4 Å². The highest BCUT2D eigenvalue weighted by Crippen LogP contribution is 2.38. The maximum atomic E-state index is 13.7. The van der Waals surface area contributed by atoms with E-state index in [4.69, 9.17) is 32.9 Å². The maximum absolute atomic E-state index is 13.7. The van der Waals surface area contributed by atoms with E-state index in [2.05, 4.69) is 23.4 Å². The Hall–Kier alpha value is -3.26. The van der Waals surface area contributed by atoms with Crippen LogP contribution in [-0.2, 0) is 5.41 Å². The van der Waals surface area contributed by atoms with Gasteiger partial charge in [0.25, 0.3) is 0 Å². The molecule has 0 atom stereocenters. The van der Waals surface area contributed by atoms with Gasteiger partial charge < -0.3 is 9.30 Å². The number of imidazole rings is 2. The molecule has 9 heteroatoms. The van der Waals surface area contributed by atoms with Crippen molar-refractivity contribution in [2.24, 2.45) is 0 Å². The first-order valence-electron chi connectivity index (χ1n) is 12.0. The van der Waals surface area contributed by atoms with Gasteiger partial charge in [0.2, 0.25) is 0 Å². The van der Waals surface area contributed by atoms with Gasteiger partial charge in [0, 0.05) is 34.9 Å². The van der Waals surface area contributed by atoms with Crippen LogP contribution in [0.5, 0.6) is 5.75 Å². The molecule has 0 aliphatic heterocycles. The van der Waals surface area contributed by atoms with E-state index in [-0.39, 0.29) is 5.82 Å². The third-order valence-electron chi connectivity index (χ3n) is 6.32. The molecular weight excluding hydrogens is 542 g/mol. The van der Waals surface area contributed by atoms with E-state index in [1.54, 1.807) is 42.5 Å². The molecule has 0 unspecified atom stereocenters. The van der Waals surface area contributed by atoms with Crippen molar-refractivity contribution in [3.05, 3.63) is 119 Å². The quantitative estimate of drug-likeness (QED) is 0.134. The highest BCUT2D eigenvalue weighted by Gasteiger charge is 2.30. The van der Waals surface area contributed by atoms with Crippen molar-refractivity contribution >= 4 is 35.0 Å². The zero-order chi connectivity index (χ0) is 26.7. The normalized spacial score (nSPS) is 11.6. The van der Waals surface area contributed by atoms with Crippen molar-refractivity contribution in [2.45, 2.75) is 24.4 Å². The number of ether oxygens (including phenoxy) is 1. The number of rotatable bonds is 9. The van der Waals surface area contributed by atoms with Crippen molar-refractivity contribution in [1.82, 2.24) is 19.1 Å². The summed E-state index contributed by atoms with van der Waals surface area (Å²) < 4.78 is 23.7. The van der Waals surface area contributed by atoms with E-state index in [0.717, 1.165) is 33.5 Å². The number of hydrogen-bond acceptors (Lipinski definition) is 4. The molecule has 0 amide bonds. The molecule has 2 aromatic heterocycles. The SMILES string of the molecule is CC(C)(c1ccc(Cl)c(Cl)c1)c1cnc(SCCOc2ccc(-n3ccnc3)cc2)n1-c1ccc(F)cc1. The Kier molecular flexibility index (Phi) is 7.79. The van der Waals surface area contributed by atoms with Crippen LogP contribution in [0.4, 0.5) is 4.39 Å². The first kappa shape index (κ1) is 26.4. The Morgan fingerprint density at radius 2 is 1.68 bits per heavy atom. The van der Waals surface area contributed by atoms with Crippen LogP contribution < -0.4 is 4.74 Å². The fraction of sp³-hybridized carbons (Fsp3) is 0.172. The van der Waals surface area contributed by atoms with Crippen molar-refractivity contribution < 1.29 is 9.13 Å². The molecule has 0 fully saturated rings. The molecule has 5 nitrogen and oxygen atoms in total. The molecule has 38 heavy (non-hydrogen) atoms. The average molecular weight is 568 g/mol. The predicted octanol–water partition coefficient (Wildman–Crippen LogP) is 8.00. The molecule has 194 valence electrons. The van der Waals surface area contributed by atoms with Crippen LogP contribution in [0.3, 0.4) is 0 Å². The second-order valence-electron chi connectivity index (χ2n) is 9.15. The van der Waals surface area contributed by atoms with Gasteiger partial charge in [0.05, 0.1) is 34.9 Å². The van der Waals surface area contributed by atoms with E-state index < -0.39 is 5.41 Å². The van der Waals surface area contributed by atoms with Gasteiger partial charge in [-0.05, 0) is 66.2 Å². The van der Waals surface area contributed by atoms with E-state index in [1.165, 1.54) is 12.1 Å². The minimum absolute atomic E-state index is 0.291. The summed E-state index contributed by atoms with van der Waals surface area (Å²) in [6, 6.07) is 19.9. The summed E-state index contributed by atoms with van der Waals surface area (Å²) in [5.41, 5.74) is 3.32. The third-order valence-corrected chi connectivity index (χ3v) is 7.97. The molecule has 5 aromatic rings. The molecule has 0 N–H and O–H groups in total. The van der Waals surface area contributed by atoms with Crippen LogP contribution in [0.15, 0.2) is 96.8 Å². The molecule has 0 radical (unpaired) electrons. The third kappa shape index (κ3) is 5.60. The molecular formula is C29H25Cl2FN4OS. The Bertz CT molecular complexity index is 1520. The fourth-order valence-electron chi connectivity index (χ4n) is 4.17. The summed E-state index contributed by atoms with van der Waals surface area (Å²) in [7, 11) is 0. The number of thioether (sulfide) groups is 1. The van der Waals surface area contributed by atoms with Gasteiger partial charge in [0.1, 0.15) is 11.6 Å². The monoisotopic (exact) mass is 566 g/mol. The predicted molar refractivity (Wildman–Crippen MR) is 152 cm³/mol. The molecule has 0 aliphatic carbocycles. The first-order valence-corrected chi connectivity index (χ1v) is 13.7. The van der Waals surface area contributed by atoms with Gasteiger partial charge in [-0.1, -0.05) is 54.9 Å². The van der Waals surface area contributed by atoms with Crippen LogP contribution >= 0.6 is 35.0 Å². The Morgan fingerprint density at radius 3 is 2.37 bits per heavy atom. The van der Waals surface area contributed by atoms with Crippen molar-refractivity contribution in [1.29, 1.82) is 0 Å². The van der Waals surface area contributed by atoms with Crippen molar-refractivity contribution in [2.75, 3.05) is 12.4 Å². The van der Waals surface area contributed by atoms with Gasteiger partial charge in [-0.15, -0.1) is 0 Å². The van der Waals surface area contributed by atoms with Gasteiger partial charge in [-0.2, -0.15) is 0 Å². The molecule has 0 saturated carbocycles. The fourth-order valence-corrected chi connectivity index (χ4v) is 5.28. The molecule has 2 heterocycles. The molecule has 5 rings (SSSR count). The number of aromatic nitrogens is 4. The van der Waals surface area contributed by atoms with Crippen LogP contribution in [-0.4, -0.2) is 31.5 Å². The standard InChI is InChI=1S/C29H25Cl2FN4OS/c1-29(2,20-3-12-25(30)26(31)17-20)27-18-34-28(36(27)23-6-4-21(32)5-7-23)38-16-15-37-24-10-8-22(9-11-24)35-14-13-33-19-35/h3-14,17-19H,15-16H2,1-2H3. The Balaban J connectivity index is 1.35. The Labute approximate surface area is 235 Å². The largest absolute Gasteiger partial charge is 0.493 e. The van der Waals surface area contributed by atoms with E-state index >= 15 is 0 Å². The maximum Gasteiger partial charge on any atom is 0.172 e. The molecule has 0 bridgehead atoms. The second-order valence-corrected chi connectivity index (χ2v) is 11.0. The zero-order valence-corrected chi connectivity index (χ0v) is 23.1. The van der Waals surface area contributed by atoms with Crippen LogP contribution in [0, 0.1) is 5.82 Å². The summed E-state index contributed by atoms with van der Waals surface area (Å²) in [6.07, 6.45) is 7.26. The number of benzene rings is 3. The smallest absolute Gasteiger partial charge is 0.172 e. The zero-order valence-electron chi connectivity index (χ0n) is 20.8. The molecule has 0 spiro atoms. The molecule has 0 aliphatic rings. The summed E-state index contributed by atoms with van der Waals surface area (Å²) in [4.78, 5) is 8.82. The van der Waals surface area contributed by atoms with Gasteiger partial charge in [0.15, 0.2) is 5.16 Å². The molecule has 0 saturated heterocycles. The van der Waals surface area contributed by atoms with Gasteiger partial charge >= 0.3 is 0 Å². The summed E-state index contributed by atoms with van der Waals surface area (Å²) in [5.74, 6) is 1.17. The highest BCUT2D eigenvalue weighted by atomic mass is 35.5. The minimum atomic E-state index is -0.456. The first-order chi connectivity index (χ1) is 18.3. The highest BCUT2D eigenvalue weighted by molar-refractivity contribution is 7.99. The van der Waals surface area contributed by atoms with Crippen LogP contribution in [0.1, 0.15) is 25.1 Å². The second kappa shape index (κ2) is 11.2. The lowest BCUT2D eigenvalue weighted by Crippen LogP contribution is -2.23. The van der Waals surface area contributed by atoms with Crippen LogP contribution in [0.2, 0.25) is 10.0 Å². The van der Waals surface area contributed by atoms with Crippen molar-refractivity contribution in [3.8, 4) is 17.1 Å². The average Bonchev–Trinajstić information content (AvgIpc) is 3.60. The van der Waals surface area contributed by atoms with Gasteiger partial charge in [-0.25, -0.2) is 14.4 Å². The number of hydrogen-bond donors (Lipinski definition) is 0. The topological polar surface area (TPSA) is 44.9 Å². The lowest BCUT2D eigenvalue weighted by atomic mass is 9.81. The van der Waals surface area contributed by atoms with E-state index in [0.29, 0.717) is 22.4 Å². The van der Waals surface area contributed by atoms with E-state index in [9.17, 15) is 4.39 Å².